The quantitative estimate of drug-likeness (QED) is 0.871. The summed E-state index contributed by atoms with van der Waals surface area (Å²) in [5, 5.41) is 5.12. The molecule has 0 fully saturated rings. The Labute approximate surface area is 114 Å². The Morgan fingerprint density at radius 1 is 1.53 bits per heavy atom. The van der Waals surface area contributed by atoms with Crippen LogP contribution in [0.1, 0.15) is 23.0 Å². The lowest BCUT2D eigenvalue weighted by Crippen LogP contribution is -2.05. The molecule has 100 valence electrons. The molecule has 0 bridgehead atoms. The first-order valence-electron chi connectivity index (χ1n) is 5.76. The number of rotatable bonds is 4. The smallest absolute Gasteiger partial charge is 0.357 e. The van der Waals surface area contributed by atoms with Gasteiger partial charge in [-0.3, -0.25) is 0 Å². The molecule has 0 unspecified atom stereocenters. The zero-order chi connectivity index (χ0) is 13.8. The van der Waals surface area contributed by atoms with Gasteiger partial charge in [0, 0.05) is 16.6 Å². The molecule has 1 N–H and O–H groups in total. The number of esters is 1. The molecule has 0 aliphatic rings. The molecule has 19 heavy (non-hydrogen) atoms. The third kappa shape index (κ3) is 3.08. The topological polar surface area (TPSA) is 51.2 Å². The highest BCUT2D eigenvalue weighted by Crippen LogP contribution is 2.25. The zero-order valence-corrected chi connectivity index (χ0v) is 11.4. The van der Waals surface area contributed by atoms with Crippen LogP contribution in [0.2, 0.25) is 0 Å². The fraction of sp³-hybridized carbons (Fsp3) is 0.231. The van der Waals surface area contributed by atoms with E-state index in [1.165, 1.54) is 17.4 Å². The Morgan fingerprint density at radius 2 is 2.32 bits per heavy atom. The first-order valence-corrected chi connectivity index (χ1v) is 6.64. The summed E-state index contributed by atoms with van der Waals surface area (Å²) in [6, 6.07) is 4.76. The molecule has 1 heterocycles. The van der Waals surface area contributed by atoms with E-state index in [0.717, 1.165) is 0 Å². The minimum atomic E-state index is -0.456. The van der Waals surface area contributed by atoms with Gasteiger partial charge in [-0.1, -0.05) is 6.07 Å². The molecule has 1 aromatic carbocycles. The summed E-state index contributed by atoms with van der Waals surface area (Å²) in [6.07, 6.45) is 0. The van der Waals surface area contributed by atoms with E-state index in [1.54, 1.807) is 31.4 Å². The van der Waals surface area contributed by atoms with Gasteiger partial charge in [0.2, 0.25) is 0 Å². The fourth-order valence-electron chi connectivity index (χ4n) is 1.49. The number of hydrogen-bond acceptors (Lipinski definition) is 5. The predicted octanol–water partition coefficient (Wildman–Crippen LogP) is 3.51. The van der Waals surface area contributed by atoms with Crippen LogP contribution >= 0.6 is 11.3 Å². The van der Waals surface area contributed by atoms with E-state index in [1.807, 2.05) is 0 Å². The van der Waals surface area contributed by atoms with E-state index >= 15 is 0 Å². The van der Waals surface area contributed by atoms with Gasteiger partial charge in [-0.05, 0) is 26.0 Å². The Kier molecular flexibility index (Phi) is 4.11. The second-order valence-electron chi connectivity index (χ2n) is 3.80. The second-order valence-corrected chi connectivity index (χ2v) is 4.65. The summed E-state index contributed by atoms with van der Waals surface area (Å²) >= 11 is 1.27. The van der Waals surface area contributed by atoms with Crippen molar-refractivity contribution in [3.63, 3.8) is 0 Å². The Bertz CT molecular complexity index is 598. The monoisotopic (exact) mass is 280 g/mol. The van der Waals surface area contributed by atoms with Crippen LogP contribution in [-0.4, -0.2) is 17.6 Å². The van der Waals surface area contributed by atoms with Gasteiger partial charge in [0.25, 0.3) is 0 Å². The number of anilines is 2. The van der Waals surface area contributed by atoms with Crippen LogP contribution in [0.3, 0.4) is 0 Å². The highest BCUT2D eigenvalue weighted by molar-refractivity contribution is 7.14. The van der Waals surface area contributed by atoms with E-state index in [4.69, 9.17) is 4.74 Å². The molecule has 2 aromatic rings. The van der Waals surface area contributed by atoms with Gasteiger partial charge < -0.3 is 10.1 Å². The summed E-state index contributed by atoms with van der Waals surface area (Å²) in [5.74, 6) is -0.741. The van der Waals surface area contributed by atoms with Crippen molar-refractivity contribution in [1.29, 1.82) is 0 Å². The first-order chi connectivity index (χ1) is 9.11. The molecule has 0 amide bonds. The maximum absolute atomic E-state index is 13.4. The van der Waals surface area contributed by atoms with E-state index in [-0.39, 0.29) is 11.5 Å². The number of nitrogens with zero attached hydrogens (tertiary/aromatic N) is 1. The van der Waals surface area contributed by atoms with Crippen LogP contribution < -0.4 is 5.32 Å². The molecule has 4 nitrogen and oxygen atoms in total. The first kappa shape index (κ1) is 13.5. The molecule has 0 aliphatic carbocycles. The van der Waals surface area contributed by atoms with Crippen molar-refractivity contribution in [3.8, 4) is 0 Å². The van der Waals surface area contributed by atoms with Crippen LogP contribution in [0.15, 0.2) is 23.6 Å². The largest absolute Gasteiger partial charge is 0.461 e. The van der Waals surface area contributed by atoms with E-state index in [0.29, 0.717) is 23.0 Å². The highest BCUT2D eigenvalue weighted by atomic mass is 32.1. The van der Waals surface area contributed by atoms with Crippen molar-refractivity contribution in [2.45, 2.75) is 13.8 Å². The van der Waals surface area contributed by atoms with Gasteiger partial charge in [0.15, 0.2) is 10.8 Å². The van der Waals surface area contributed by atoms with Crippen molar-refractivity contribution >= 4 is 28.1 Å². The minimum absolute atomic E-state index is 0.253. The number of aromatic nitrogens is 1. The number of halogens is 1. The van der Waals surface area contributed by atoms with E-state index < -0.39 is 5.97 Å². The molecule has 2 rings (SSSR count). The number of thiazole rings is 1. The van der Waals surface area contributed by atoms with Gasteiger partial charge in [-0.2, -0.15) is 0 Å². The summed E-state index contributed by atoms with van der Waals surface area (Å²) in [7, 11) is 0. The van der Waals surface area contributed by atoms with Crippen molar-refractivity contribution < 1.29 is 13.9 Å². The van der Waals surface area contributed by atoms with E-state index in [2.05, 4.69) is 10.3 Å². The normalized spacial score (nSPS) is 10.3. The van der Waals surface area contributed by atoms with Gasteiger partial charge >= 0.3 is 5.97 Å². The third-order valence-electron chi connectivity index (χ3n) is 2.50. The van der Waals surface area contributed by atoms with Crippen molar-refractivity contribution in [2.75, 3.05) is 11.9 Å². The van der Waals surface area contributed by atoms with Gasteiger partial charge in [-0.25, -0.2) is 14.2 Å². The number of hydrogen-bond donors (Lipinski definition) is 1. The fourth-order valence-corrected chi connectivity index (χ4v) is 2.18. The summed E-state index contributed by atoms with van der Waals surface area (Å²) in [5.41, 5.74) is 1.39. The minimum Gasteiger partial charge on any atom is -0.461 e. The molecular weight excluding hydrogens is 267 g/mol. The number of ether oxygens (including phenoxy) is 1. The highest BCUT2D eigenvalue weighted by Gasteiger charge is 2.12. The molecule has 0 radical (unpaired) electrons. The zero-order valence-electron chi connectivity index (χ0n) is 10.6. The van der Waals surface area contributed by atoms with Crippen molar-refractivity contribution in [1.82, 2.24) is 4.98 Å². The van der Waals surface area contributed by atoms with Crippen LogP contribution in [0.4, 0.5) is 15.2 Å². The van der Waals surface area contributed by atoms with Gasteiger partial charge in [0.05, 0.1) is 6.61 Å². The molecule has 0 saturated heterocycles. The number of carbonyl (C=O) groups is 1. The Balaban J connectivity index is 2.16. The van der Waals surface area contributed by atoms with Crippen molar-refractivity contribution in [2.24, 2.45) is 0 Å². The summed E-state index contributed by atoms with van der Waals surface area (Å²) in [4.78, 5) is 15.6. The van der Waals surface area contributed by atoms with Crippen LogP contribution in [0, 0.1) is 12.7 Å². The number of nitrogens with one attached hydrogen (secondary N) is 1. The van der Waals surface area contributed by atoms with Crippen molar-refractivity contribution in [3.05, 3.63) is 40.7 Å². The van der Waals surface area contributed by atoms with Gasteiger partial charge in [0.1, 0.15) is 5.82 Å². The molecule has 6 heteroatoms. The lowest BCUT2D eigenvalue weighted by atomic mass is 10.2. The third-order valence-corrected chi connectivity index (χ3v) is 3.26. The lowest BCUT2D eigenvalue weighted by molar-refractivity contribution is 0.0520. The molecule has 0 aliphatic heterocycles. The summed E-state index contributed by atoms with van der Waals surface area (Å²) < 4.78 is 18.2. The maximum Gasteiger partial charge on any atom is 0.357 e. The van der Waals surface area contributed by atoms with Crippen LogP contribution in [-0.2, 0) is 4.74 Å². The van der Waals surface area contributed by atoms with E-state index in [9.17, 15) is 9.18 Å². The molecule has 1 aromatic heterocycles. The van der Waals surface area contributed by atoms with Gasteiger partial charge in [-0.15, -0.1) is 11.3 Å². The molecule has 0 saturated carbocycles. The molecule has 0 atom stereocenters. The number of carbonyl (C=O) groups excluding carboxylic acids is 1. The second kappa shape index (κ2) is 5.79. The molecular formula is C13H13FN2O2S. The number of benzene rings is 1. The standard InChI is InChI=1S/C13H13FN2O2S/c1-3-18-12(17)11-7-19-13(16-11)15-10-6-4-5-9(14)8(10)2/h4-7H,3H2,1-2H3,(H,15,16). The maximum atomic E-state index is 13.4. The average Bonchev–Trinajstić information content (AvgIpc) is 2.84. The molecule has 0 spiro atoms. The van der Waals surface area contributed by atoms with Crippen LogP contribution in [0.5, 0.6) is 0 Å². The average molecular weight is 280 g/mol. The Hall–Kier alpha value is -1.95. The SMILES string of the molecule is CCOC(=O)c1csc(Nc2cccc(F)c2C)n1. The summed E-state index contributed by atoms with van der Waals surface area (Å²) in [6.45, 7) is 3.72. The lowest BCUT2D eigenvalue weighted by Gasteiger charge is -2.06. The Morgan fingerprint density at radius 3 is 3.05 bits per heavy atom. The predicted molar refractivity (Wildman–Crippen MR) is 72.5 cm³/mol. The van der Waals surface area contributed by atoms with Crippen LogP contribution in [0.25, 0.3) is 0 Å².